The highest BCUT2D eigenvalue weighted by atomic mass is 15.0. The van der Waals surface area contributed by atoms with Gasteiger partial charge in [0.05, 0.1) is 16.7 Å². The molecule has 0 atom stereocenters. The fourth-order valence-corrected chi connectivity index (χ4v) is 7.66. The highest BCUT2D eigenvalue weighted by molar-refractivity contribution is 6.11. The Kier molecular flexibility index (Phi) is 9.47. The van der Waals surface area contributed by atoms with Gasteiger partial charge in [0.1, 0.15) is 0 Å². The molecule has 0 saturated carbocycles. The highest BCUT2D eigenvalue weighted by Crippen LogP contribution is 2.40. The van der Waals surface area contributed by atoms with Crippen molar-refractivity contribution in [3.05, 3.63) is 184 Å². The van der Waals surface area contributed by atoms with E-state index in [4.69, 9.17) is 0 Å². The van der Waals surface area contributed by atoms with E-state index in [-0.39, 0.29) is 0 Å². The lowest BCUT2D eigenvalue weighted by Gasteiger charge is -2.21. The molecular formula is C51H49N. The zero-order chi connectivity index (χ0) is 36.7. The molecule has 0 radical (unpaired) electrons. The van der Waals surface area contributed by atoms with E-state index in [1.807, 2.05) is 0 Å². The third-order valence-corrected chi connectivity index (χ3v) is 11.2. The molecule has 0 bridgehead atoms. The first-order valence-electron chi connectivity index (χ1n) is 18.4. The van der Waals surface area contributed by atoms with E-state index in [1.165, 1.54) is 111 Å². The van der Waals surface area contributed by atoms with Crippen molar-refractivity contribution in [3.8, 4) is 39.1 Å². The van der Waals surface area contributed by atoms with Crippen LogP contribution >= 0.6 is 0 Å². The molecule has 0 fully saturated rings. The zero-order valence-electron chi connectivity index (χ0n) is 32.1. The minimum atomic E-state index is 1.23. The van der Waals surface area contributed by atoms with E-state index in [9.17, 15) is 0 Å². The third-order valence-electron chi connectivity index (χ3n) is 11.2. The molecule has 0 aliphatic heterocycles. The van der Waals surface area contributed by atoms with Gasteiger partial charge in [0, 0.05) is 10.8 Å². The number of hydrogen-bond donors (Lipinski definition) is 0. The van der Waals surface area contributed by atoms with Gasteiger partial charge in [0.25, 0.3) is 0 Å². The first-order valence-corrected chi connectivity index (χ1v) is 18.4. The Morgan fingerprint density at radius 1 is 0.308 bits per heavy atom. The van der Waals surface area contributed by atoms with Crippen LogP contribution in [0.25, 0.3) is 60.9 Å². The highest BCUT2D eigenvalue weighted by Gasteiger charge is 2.20. The first-order chi connectivity index (χ1) is 25.0. The van der Waals surface area contributed by atoms with Gasteiger partial charge in [-0.2, -0.15) is 0 Å². The van der Waals surface area contributed by atoms with E-state index in [0.717, 1.165) is 0 Å². The Hall–Kier alpha value is -5.66. The summed E-state index contributed by atoms with van der Waals surface area (Å²) in [5, 5.41) is 2.60. The van der Waals surface area contributed by atoms with E-state index in [2.05, 4.69) is 200 Å². The predicted molar refractivity (Wildman–Crippen MR) is 226 cm³/mol. The van der Waals surface area contributed by atoms with E-state index >= 15 is 0 Å². The van der Waals surface area contributed by atoms with Crippen molar-refractivity contribution in [2.45, 2.75) is 62.3 Å². The molecule has 7 aromatic carbocycles. The second-order valence-corrected chi connectivity index (χ2v) is 14.7. The Morgan fingerprint density at radius 2 is 0.769 bits per heavy atom. The fourth-order valence-electron chi connectivity index (χ4n) is 7.66. The van der Waals surface area contributed by atoms with Gasteiger partial charge in [0.2, 0.25) is 0 Å². The van der Waals surface area contributed by atoms with Crippen LogP contribution in [0.4, 0.5) is 0 Å². The lowest BCUT2D eigenvalue weighted by molar-refractivity contribution is 1.07. The monoisotopic (exact) mass is 675 g/mol. The lowest BCUT2D eigenvalue weighted by atomic mass is 9.92. The number of benzene rings is 7. The summed E-state index contributed by atoms with van der Waals surface area (Å²) in [5.74, 6) is 0. The summed E-state index contributed by atoms with van der Waals surface area (Å²) in [6, 6.07) is 48.8. The molecule has 1 heterocycles. The van der Waals surface area contributed by atoms with Crippen LogP contribution in [0, 0.1) is 62.3 Å². The number of hydrogen-bond acceptors (Lipinski definition) is 0. The molecule has 0 spiro atoms. The maximum atomic E-state index is 2.51. The van der Waals surface area contributed by atoms with Crippen LogP contribution in [-0.4, -0.2) is 4.57 Å². The van der Waals surface area contributed by atoms with Crippen LogP contribution in [-0.2, 0) is 0 Å². The van der Waals surface area contributed by atoms with Crippen LogP contribution in [0.15, 0.2) is 133 Å². The predicted octanol–water partition coefficient (Wildman–Crippen LogP) is 14.2. The van der Waals surface area contributed by atoms with Crippen LogP contribution in [0.3, 0.4) is 0 Å². The molecule has 0 aliphatic rings. The maximum absolute atomic E-state index is 2.51. The molecule has 1 heteroatoms. The molecule has 0 aliphatic carbocycles. The second-order valence-electron chi connectivity index (χ2n) is 14.7. The molecule has 0 N–H and O–H groups in total. The molecule has 8 rings (SSSR count). The Morgan fingerprint density at radius 3 is 1.38 bits per heavy atom. The number of nitrogens with zero attached hydrogens (tertiary/aromatic N) is 1. The minimum absolute atomic E-state index is 1.23. The molecule has 52 heavy (non-hydrogen) atoms. The van der Waals surface area contributed by atoms with Crippen molar-refractivity contribution in [3.63, 3.8) is 0 Å². The Labute approximate surface area is 310 Å². The third kappa shape index (κ3) is 6.48. The lowest BCUT2D eigenvalue weighted by Crippen LogP contribution is -2.06. The number of rotatable bonds is 4. The van der Waals surface area contributed by atoms with Gasteiger partial charge in [0.15, 0.2) is 0 Å². The Balaban J connectivity index is 0.000000466. The summed E-state index contributed by atoms with van der Waals surface area (Å²) >= 11 is 0. The van der Waals surface area contributed by atoms with E-state index < -0.39 is 0 Å². The van der Waals surface area contributed by atoms with Crippen LogP contribution in [0.1, 0.15) is 50.1 Å². The second kappa shape index (κ2) is 14.2. The van der Waals surface area contributed by atoms with Gasteiger partial charge >= 0.3 is 0 Å². The SMILES string of the molecule is Cc1cc(-c2ccccc2)cc(-c2cccc(-c3ccc4c(c3)c3cc(C)ccc3n4-c3c(C)c(C)c(C)c(C)c3C)c2)c1.Cc1ccccc1C. The molecule has 0 amide bonds. The first kappa shape index (κ1) is 34.8. The van der Waals surface area contributed by atoms with Crippen molar-refractivity contribution in [2.24, 2.45) is 0 Å². The van der Waals surface area contributed by atoms with Crippen molar-refractivity contribution in [1.29, 1.82) is 0 Å². The topological polar surface area (TPSA) is 4.93 Å². The van der Waals surface area contributed by atoms with Crippen molar-refractivity contribution in [2.75, 3.05) is 0 Å². The van der Waals surface area contributed by atoms with Crippen molar-refractivity contribution < 1.29 is 0 Å². The van der Waals surface area contributed by atoms with Crippen molar-refractivity contribution >= 4 is 21.8 Å². The van der Waals surface area contributed by atoms with E-state index in [1.54, 1.807) is 0 Å². The molecule has 0 unspecified atom stereocenters. The quantitative estimate of drug-likeness (QED) is 0.175. The molecular weight excluding hydrogens is 627 g/mol. The number of aryl methyl sites for hydroxylation is 4. The maximum Gasteiger partial charge on any atom is 0.0541 e. The Bertz CT molecular complexity index is 2550. The average molecular weight is 676 g/mol. The van der Waals surface area contributed by atoms with Crippen LogP contribution < -0.4 is 0 Å². The molecule has 1 nitrogen and oxygen atoms in total. The number of aromatic nitrogens is 1. The molecule has 0 saturated heterocycles. The molecule has 258 valence electrons. The van der Waals surface area contributed by atoms with Crippen molar-refractivity contribution in [1.82, 2.24) is 4.57 Å². The summed E-state index contributed by atoms with van der Waals surface area (Å²) in [6.07, 6.45) is 0. The van der Waals surface area contributed by atoms with Crippen LogP contribution in [0.5, 0.6) is 0 Å². The fraction of sp³-hybridized carbons (Fsp3) is 0.176. The summed E-state index contributed by atoms with van der Waals surface area (Å²) in [6.45, 7) is 20.0. The summed E-state index contributed by atoms with van der Waals surface area (Å²) < 4.78 is 2.51. The average Bonchev–Trinajstić information content (AvgIpc) is 3.47. The summed E-state index contributed by atoms with van der Waals surface area (Å²) in [7, 11) is 0. The molecule has 8 aromatic rings. The van der Waals surface area contributed by atoms with Gasteiger partial charge in [-0.05, 0) is 177 Å². The zero-order valence-corrected chi connectivity index (χ0v) is 32.1. The molecule has 1 aromatic heterocycles. The van der Waals surface area contributed by atoms with Gasteiger partial charge in [-0.25, -0.2) is 0 Å². The van der Waals surface area contributed by atoms with E-state index in [0.29, 0.717) is 0 Å². The smallest absolute Gasteiger partial charge is 0.0541 e. The van der Waals surface area contributed by atoms with Gasteiger partial charge in [-0.15, -0.1) is 0 Å². The normalized spacial score (nSPS) is 11.2. The largest absolute Gasteiger partial charge is 0.309 e. The van der Waals surface area contributed by atoms with Gasteiger partial charge in [-0.3, -0.25) is 0 Å². The number of fused-ring (bicyclic) bond motifs is 3. The van der Waals surface area contributed by atoms with Gasteiger partial charge in [-0.1, -0.05) is 103 Å². The van der Waals surface area contributed by atoms with Crippen LogP contribution in [0.2, 0.25) is 0 Å². The summed E-state index contributed by atoms with van der Waals surface area (Å²) in [5.41, 5.74) is 23.4. The van der Waals surface area contributed by atoms with Gasteiger partial charge < -0.3 is 4.57 Å². The minimum Gasteiger partial charge on any atom is -0.309 e. The summed E-state index contributed by atoms with van der Waals surface area (Å²) in [4.78, 5) is 0. The standard InChI is InChI=1S/C43H39N.C8H10/c1-26-16-18-41-39(22-26)40-25-36(17-19-42(40)44(41)43-31(6)29(4)28(3)30(5)32(43)7)34-14-11-15-35(23-34)38-21-27(2)20-37(24-38)33-12-9-8-10-13-33;1-7-5-3-4-6-8(7)2/h8-25H,1-7H3;3-6H,1-2H3.